The van der Waals surface area contributed by atoms with E-state index in [0.29, 0.717) is 24.2 Å². The van der Waals surface area contributed by atoms with Gasteiger partial charge in [-0.3, -0.25) is 0 Å². The van der Waals surface area contributed by atoms with Crippen LogP contribution in [0.1, 0.15) is 88.8 Å². The highest BCUT2D eigenvalue weighted by Crippen LogP contribution is 2.49. The molecule has 2 aromatic carbocycles. The fourth-order valence-electron chi connectivity index (χ4n) is 6.80. The van der Waals surface area contributed by atoms with E-state index < -0.39 is 0 Å². The van der Waals surface area contributed by atoms with Crippen LogP contribution in [0.4, 0.5) is 11.4 Å². The zero-order valence-corrected chi connectivity index (χ0v) is 27.9. The molecule has 4 unspecified atom stereocenters. The van der Waals surface area contributed by atoms with E-state index in [2.05, 4.69) is 129 Å². The molecule has 0 aliphatic carbocycles. The van der Waals surface area contributed by atoms with Crippen molar-refractivity contribution in [2.24, 2.45) is 5.90 Å². The van der Waals surface area contributed by atoms with Gasteiger partial charge < -0.3 is 24.5 Å². The zero-order valence-electron chi connectivity index (χ0n) is 27.9. The standard InChI is InChI=1S/C17H28N2.C16H27N3O2/c1-10-9-15(18(6)7)16-13(4)11(2)12(3)14(5)17(16)19(10)8;1-9-8-13(18(5)6)14-11(3)10(2)12(4)16(20-21-17)15(14)19(9)7/h10,15H,9H2,1-8H3;9,13H,8,17H2,1-7H3. The molecule has 4 rings (SSSR count). The van der Waals surface area contributed by atoms with Gasteiger partial charge >= 0.3 is 0 Å². The van der Waals surface area contributed by atoms with Gasteiger partial charge in [0.15, 0.2) is 5.75 Å². The van der Waals surface area contributed by atoms with Crippen LogP contribution in [-0.2, 0) is 4.99 Å². The molecule has 0 fully saturated rings. The van der Waals surface area contributed by atoms with E-state index in [4.69, 9.17) is 10.8 Å². The van der Waals surface area contributed by atoms with Crippen LogP contribution < -0.4 is 20.6 Å². The number of nitrogens with zero attached hydrogens (tertiary/aromatic N) is 4. The normalized spacial score (nSPS) is 22.2. The Morgan fingerprint density at radius 1 is 0.600 bits per heavy atom. The fraction of sp³-hybridized carbons (Fsp3) is 0.636. The predicted octanol–water partition coefficient (Wildman–Crippen LogP) is 6.38. The first-order valence-corrected chi connectivity index (χ1v) is 14.6. The van der Waals surface area contributed by atoms with E-state index in [0.717, 1.165) is 23.4 Å². The second-order valence-corrected chi connectivity index (χ2v) is 12.8. The third-order valence-corrected chi connectivity index (χ3v) is 10.2. The third kappa shape index (κ3) is 5.46. The number of hydrogen-bond acceptors (Lipinski definition) is 7. The van der Waals surface area contributed by atoms with Crippen LogP contribution in [0.25, 0.3) is 0 Å². The summed E-state index contributed by atoms with van der Waals surface area (Å²) >= 11 is 0. The van der Waals surface area contributed by atoms with Gasteiger partial charge in [-0.15, -0.1) is 0 Å². The summed E-state index contributed by atoms with van der Waals surface area (Å²) in [6.45, 7) is 20.0. The second kappa shape index (κ2) is 12.3. The van der Waals surface area contributed by atoms with E-state index in [9.17, 15) is 0 Å². The molecule has 2 aliphatic heterocycles. The Bertz CT molecular complexity index is 1240. The van der Waals surface area contributed by atoms with Crippen LogP contribution in [0.15, 0.2) is 0 Å². The molecule has 0 amide bonds. The highest BCUT2D eigenvalue weighted by molar-refractivity contribution is 5.73. The van der Waals surface area contributed by atoms with E-state index in [-0.39, 0.29) is 0 Å². The summed E-state index contributed by atoms with van der Waals surface area (Å²) in [5.41, 5.74) is 14.9. The fourth-order valence-corrected chi connectivity index (χ4v) is 6.80. The molecule has 2 heterocycles. The third-order valence-electron chi connectivity index (χ3n) is 10.2. The molecule has 0 bridgehead atoms. The highest BCUT2D eigenvalue weighted by atomic mass is 17.3. The number of hydrogen-bond donors (Lipinski definition) is 1. The molecule has 2 N–H and O–H groups in total. The number of benzene rings is 2. The van der Waals surface area contributed by atoms with Crippen molar-refractivity contribution in [3.05, 3.63) is 50.1 Å². The zero-order chi connectivity index (χ0) is 30.4. The molecular weight excluding hydrogens is 498 g/mol. The summed E-state index contributed by atoms with van der Waals surface area (Å²) in [6, 6.07) is 1.93. The predicted molar refractivity (Wildman–Crippen MR) is 170 cm³/mol. The molecule has 0 saturated carbocycles. The molecule has 0 radical (unpaired) electrons. The largest absolute Gasteiger partial charge is 0.371 e. The van der Waals surface area contributed by atoms with E-state index in [1.54, 1.807) is 5.56 Å². The Hall–Kier alpha value is -2.32. The lowest BCUT2D eigenvalue weighted by Crippen LogP contribution is -2.40. The Labute approximate surface area is 244 Å². The van der Waals surface area contributed by atoms with Gasteiger partial charge in [0, 0.05) is 49.5 Å². The lowest BCUT2D eigenvalue weighted by molar-refractivity contribution is -0.211. The first-order valence-electron chi connectivity index (χ1n) is 14.6. The molecule has 7 nitrogen and oxygen atoms in total. The van der Waals surface area contributed by atoms with Gasteiger partial charge in [0.2, 0.25) is 0 Å². The van der Waals surface area contributed by atoms with Crippen molar-refractivity contribution in [3.63, 3.8) is 0 Å². The lowest BCUT2D eigenvalue weighted by Gasteiger charge is -2.43. The molecule has 2 aliphatic rings. The van der Waals surface area contributed by atoms with Crippen molar-refractivity contribution in [2.45, 2.75) is 99.3 Å². The van der Waals surface area contributed by atoms with Crippen molar-refractivity contribution >= 4 is 11.4 Å². The van der Waals surface area contributed by atoms with Crippen molar-refractivity contribution in [1.29, 1.82) is 0 Å². The summed E-state index contributed by atoms with van der Waals surface area (Å²) in [5.74, 6) is 5.91. The van der Waals surface area contributed by atoms with Crippen LogP contribution in [0.5, 0.6) is 5.75 Å². The minimum Gasteiger partial charge on any atom is -0.371 e. The van der Waals surface area contributed by atoms with Crippen molar-refractivity contribution in [1.82, 2.24) is 9.80 Å². The maximum absolute atomic E-state index is 5.34. The second-order valence-electron chi connectivity index (χ2n) is 12.8. The minimum atomic E-state index is 0.366. The van der Waals surface area contributed by atoms with E-state index in [1.165, 1.54) is 51.1 Å². The van der Waals surface area contributed by atoms with Gasteiger partial charge in [-0.1, -0.05) is 4.99 Å². The minimum absolute atomic E-state index is 0.366. The molecule has 7 heteroatoms. The molecule has 40 heavy (non-hydrogen) atoms. The Morgan fingerprint density at radius 3 is 1.40 bits per heavy atom. The van der Waals surface area contributed by atoms with Crippen molar-refractivity contribution < 1.29 is 9.88 Å². The Balaban J connectivity index is 0.000000222. The average Bonchev–Trinajstić information content (AvgIpc) is 2.90. The first-order chi connectivity index (χ1) is 18.6. The van der Waals surface area contributed by atoms with Crippen LogP contribution in [-0.4, -0.2) is 64.2 Å². The Kier molecular flexibility index (Phi) is 9.88. The summed E-state index contributed by atoms with van der Waals surface area (Å²) in [6.07, 6.45) is 2.29. The maximum atomic E-state index is 5.34. The smallest absolute Gasteiger partial charge is 0.194 e. The average molecular weight is 554 g/mol. The first kappa shape index (κ1) is 32.2. The molecule has 0 spiro atoms. The number of nitrogens with two attached hydrogens (primary N) is 1. The number of rotatable bonds is 4. The maximum Gasteiger partial charge on any atom is 0.194 e. The molecule has 0 saturated heterocycles. The summed E-state index contributed by atoms with van der Waals surface area (Å²) < 4.78 is 0. The SMILES string of the molecule is Cc1c(C)c(C)c2c(c1C)C(N(C)C)CC(C)N2C.Cc1c(C)c(OON)c2c(c1C)C(N(C)C)CC(C)N2C. The monoisotopic (exact) mass is 553 g/mol. The topological polar surface area (TPSA) is 57.4 Å². The molecule has 224 valence electrons. The quantitative estimate of drug-likeness (QED) is 0.348. The van der Waals surface area contributed by atoms with Gasteiger partial charge in [-0.05, 0) is 148 Å². The van der Waals surface area contributed by atoms with Crippen molar-refractivity contribution in [3.8, 4) is 5.75 Å². The van der Waals surface area contributed by atoms with Crippen LogP contribution in [0, 0.1) is 48.5 Å². The Morgan fingerprint density at radius 2 is 0.975 bits per heavy atom. The van der Waals surface area contributed by atoms with Gasteiger partial charge in [-0.2, -0.15) is 5.90 Å². The molecular formula is C33H55N5O2. The van der Waals surface area contributed by atoms with E-state index >= 15 is 0 Å². The molecule has 2 aromatic rings. The number of anilines is 2. The van der Waals surface area contributed by atoms with Gasteiger partial charge in [0.25, 0.3) is 0 Å². The van der Waals surface area contributed by atoms with Gasteiger partial charge in [0.05, 0.1) is 5.69 Å². The van der Waals surface area contributed by atoms with Gasteiger partial charge in [-0.25, -0.2) is 0 Å². The number of fused-ring (bicyclic) bond motifs is 2. The van der Waals surface area contributed by atoms with E-state index in [1.807, 2.05) is 0 Å². The van der Waals surface area contributed by atoms with Crippen LogP contribution in [0.3, 0.4) is 0 Å². The summed E-state index contributed by atoms with van der Waals surface area (Å²) in [4.78, 5) is 19.2. The molecule has 4 atom stereocenters. The summed E-state index contributed by atoms with van der Waals surface area (Å²) in [5, 5.41) is 0. The van der Waals surface area contributed by atoms with Crippen molar-refractivity contribution in [2.75, 3.05) is 52.1 Å². The lowest BCUT2D eigenvalue weighted by atomic mass is 9.82. The van der Waals surface area contributed by atoms with Crippen LogP contribution >= 0.6 is 0 Å². The highest BCUT2D eigenvalue weighted by Gasteiger charge is 2.36. The molecule has 0 aromatic heterocycles. The van der Waals surface area contributed by atoms with Crippen LogP contribution in [0.2, 0.25) is 0 Å². The summed E-state index contributed by atoms with van der Waals surface area (Å²) in [7, 11) is 13.0. The van der Waals surface area contributed by atoms with Gasteiger partial charge in [0.1, 0.15) is 0 Å².